The molecule has 0 aliphatic heterocycles. The van der Waals surface area contributed by atoms with Gasteiger partial charge in [-0.25, -0.2) is 12.8 Å². The van der Waals surface area contributed by atoms with Crippen molar-refractivity contribution >= 4 is 26.9 Å². The van der Waals surface area contributed by atoms with Crippen LogP contribution in [0.2, 0.25) is 0 Å². The molecule has 8 heteroatoms. The normalized spacial score (nSPS) is 13.4. The van der Waals surface area contributed by atoms with E-state index in [4.69, 9.17) is 5.11 Å². The Balaban J connectivity index is 2.45. The number of benzene rings is 1. The second kappa shape index (κ2) is 5.82. The van der Waals surface area contributed by atoms with Gasteiger partial charge in [-0.05, 0) is 18.6 Å². The van der Waals surface area contributed by atoms with E-state index in [-0.39, 0.29) is 16.7 Å². The van der Waals surface area contributed by atoms with Crippen molar-refractivity contribution in [3.05, 3.63) is 30.2 Å². The highest BCUT2D eigenvalue weighted by Crippen LogP contribution is 2.25. The van der Waals surface area contributed by atoms with Gasteiger partial charge < -0.3 is 10.1 Å². The van der Waals surface area contributed by atoms with E-state index in [1.54, 1.807) is 6.92 Å². The summed E-state index contributed by atoms with van der Waals surface area (Å²) in [6, 6.07) is 2.90. The second-order valence-electron chi connectivity index (χ2n) is 4.62. The van der Waals surface area contributed by atoms with Gasteiger partial charge in [-0.2, -0.15) is 4.72 Å². The minimum Gasteiger partial charge on any atom is -0.480 e. The lowest BCUT2D eigenvalue weighted by atomic mass is 10.2. The van der Waals surface area contributed by atoms with Crippen LogP contribution in [0.5, 0.6) is 0 Å². The molecule has 0 saturated carbocycles. The fraction of sp³-hybridized carbons (Fsp3) is 0.308. The molecule has 0 aliphatic carbocycles. The molecule has 0 spiro atoms. The number of nitrogens with one attached hydrogen (secondary N) is 2. The lowest BCUT2D eigenvalue weighted by Crippen LogP contribution is -2.40. The summed E-state index contributed by atoms with van der Waals surface area (Å²) in [6.45, 7) is 1.75. The number of hydrogen-bond acceptors (Lipinski definition) is 3. The topological polar surface area (TPSA) is 99.3 Å². The number of sulfonamides is 1. The lowest BCUT2D eigenvalue weighted by molar-refractivity contribution is -0.139. The first-order valence-electron chi connectivity index (χ1n) is 6.37. The molecule has 1 atom stereocenters. The van der Waals surface area contributed by atoms with Crippen molar-refractivity contribution in [2.45, 2.75) is 30.7 Å². The molecular weight excluding hydrogens is 299 g/mol. The van der Waals surface area contributed by atoms with Gasteiger partial charge in [0.15, 0.2) is 0 Å². The predicted octanol–water partition coefficient (Wildman–Crippen LogP) is 1.84. The molecule has 1 aromatic heterocycles. The maximum absolute atomic E-state index is 13.8. The zero-order valence-corrected chi connectivity index (χ0v) is 12.1. The number of halogens is 1. The van der Waals surface area contributed by atoms with Gasteiger partial charge in [-0.15, -0.1) is 0 Å². The van der Waals surface area contributed by atoms with Crippen molar-refractivity contribution in [1.29, 1.82) is 0 Å². The van der Waals surface area contributed by atoms with Crippen molar-refractivity contribution in [1.82, 2.24) is 9.71 Å². The monoisotopic (exact) mass is 314 g/mol. The van der Waals surface area contributed by atoms with Gasteiger partial charge in [-0.1, -0.05) is 19.4 Å². The molecule has 0 aliphatic rings. The highest BCUT2D eigenvalue weighted by Gasteiger charge is 2.27. The zero-order chi connectivity index (χ0) is 15.6. The Bertz CT molecular complexity index is 770. The van der Waals surface area contributed by atoms with Gasteiger partial charge in [0.2, 0.25) is 10.0 Å². The Morgan fingerprint density at radius 3 is 2.81 bits per heavy atom. The van der Waals surface area contributed by atoms with Crippen LogP contribution in [-0.4, -0.2) is 30.5 Å². The van der Waals surface area contributed by atoms with Crippen molar-refractivity contribution in [2.24, 2.45) is 0 Å². The molecule has 2 rings (SSSR count). The third kappa shape index (κ3) is 3.06. The fourth-order valence-corrected chi connectivity index (χ4v) is 3.50. The van der Waals surface area contributed by atoms with Crippen molar-refractivity contribution in [2.75, 3.05) is 0 Å². The molecule has 0 saturated heterocycles. The summed E-state index contributed by atoms with van der Waals surface area (Å²) in [5.41, 5.74) is 0.331. The molecule has 114 valence electrons. The molecule has 1 heterocycles. The van der Waals surface area contributed by atoms with E-state index in [1.165, 1.54) is 12.1 Å². The largest absolute Gasteiger partial charge is 0.480 e. The number of carboxylic acids is 1. The molecule has 0 amide bonds. The number of rotatable bonds is 6. The first kappa shape index (κ1) is 15.5. The van der Waals surface area contributed by atoms with E-state index < -0.39 is 27.9 Å². The highest BCUT2D eigenvalue weighted by atomic mass is 32.2. The van der Waals surface area contributed by atoms with E-state index in [9.17, 15) is 17.6 Å². The first-order valence-corrected chi connectivity index (χ1v) is 7.86. The number of aromatic nitrogens is 1. The van der Waals surface area contributed by atoms with Gasteiger partial charge >= 0.3 is 5.97 Å². The fourth-order valence-electron chi connectivity index (χ4n) is 2.09. The molecule has 1 unspecified atom stereocenters. The molecule has 0 fully saturated rings. The van der Waals surface area contributed by atoms with Crippen LogP contribution in [0.3, 0.4) is 0 Å². The summed E-state index contributed by atoms with van der Waals surface area (Å²) >= 11 is 0. The van der Waals surface area contributed by atoms with Crippen LogP contribution in [0, 0.1) is 5.82 Å². The van der Waals surface area contributed by atoms with Gasteiger partial charge in [-0.3, -0.25) is 4.79 Å². The summed E-state index contributed by atoms with van der Waals surface area (Å²) < 4.78 is 40.5. The standard InChI is InChI=1S/C13H15FN2O4S/c1-2-4-10(13(17)18)16-21(19,20)11-7-15-9-6-3-5-8(14)12(9)11/h3,5-7,10,15-16H,2,4H2,1H3,(H,17,18). The van der Waals surface area contributed by atoms with Crippen LogP contribution in [0.1, 0.15) is 19.8 Å². The maximum Gasteiger partial charge on any atom is 0.321 e. The van der Waals surface area contributed by atoms with Crippen molar-refractivity contribution in [3.8, 4) is 0 Å². The van der Waals surface area contributed by atoms with Crippen LogP contribution in [0.15, 0.2) is 29.3 Å². The molecule has 3 N–H and O–H groups in total. The molecular formula is C13H15FN2O4S. The summed E-state index contributed by atoms with van der Waals surface area (Å²) in [5.74, 6) is -1.95. The number of aromatic amines is 1. The minimum atomic E-state index is -4.13. The Labute approximate surface area is 121 Å². The first-order chi connectivity index (χ1) is 9.86. The second-order valence-corrected chi connectivity index (χ2v) is 6.30. The van der Waals surface area contributed by atoms with Crippen LogP contribution in [0.25, 0.3) is 10.9 Å². The average molecular weight is 314 g/mol. The third-order valence-electron chi connectivity index (χ3n) is 3.08. The van der Waals surface area contributed by atoms with E-state index >= 15 is 0 Å². The van der Waals surface area contributed by atoms with E-state index in [0.717, 1.165) is 12.3 Å². The van der Waals surface area contributed by atoms with Crippen LogP contribution in [0.4, 0.5) is 4.39 Å². The lowest BCUT2D eigenvalue weighted by Gasteiger charge is -2.13. The molecule has 0 bridgehead atoms. The highest BCUT2D eigenvalue weighted by molar-refractivity contribution is 7.89. The smallest absolute Gasteiger partial charge is 0.321 e. The Hall–Kier alpha value is -1.93. The van der Waals surface area contributed by atoms with Crippen LogP contribution in [-0.2, 0) is 14.8 Å². The van der Waals surface area contributed by atoms with Crippen molar-refractivity contribution in [3.63, 3.8) is 0 Å². The van der Waals surface area contributed by atoms with E-state index in [1.807, 2.05) is 0 Å². The Kier molecular flexibility index (Phi) is 4.29. The Morgan fingerprint density at radius 2 is 2.19 bits per heavy atom. The van der Waals surface area contributed by atoms with E-state index in [2.05, 4.69) is 9.71 Å². The Morgan fingerprint density at radius 1 is 1.48 bits per heavy atom. The summed E-state index contributed by atoms with van der Waals surface area (Å²) in [4.78, 5) is 13.4. The number of hydrogen-bond donors (Lipinski definition) is 3. The number of fused-ring (bicyclic) bond motifs is 1. The molecule has 21 heavy (non-hydrogen) atoms. The summed E-state index contributed by atoms with van der Waals surface area (Å²) in [7, 11) is -4.13. The summed E-state index contributed by atoms with van der Waals surface area (Å²) in [5, 5.41) is 8.95. The average Bonchev–Trinajstić information content (AvgIpc) is 2.84. The number of carbonyl (C=O) groups is 1. The van der Waals surface area contributed by atoms with Gasteiger partial charge in [0, 0.05) is 11.7 Å². The minimum absolute atomic E-state index is 0.0781. The predicted molar refractivity (Wildman–Crippen MR) is 74.9 cm³/mol. The zero-order valence-electron chi connectivity index (χ0n) is 11.3. The molecule has 0 radical (unpaired) electrons. The number of carboxylic acid groups (broad SMARTS) is 1. The number of H-pyrrole nitrogens is 1. The molecule has 1 aromatic carbocycles. The van der Waals surface area contributed by atoms with Crippen molar-refractivity contribution < 1.29 is 22.7 Å². The van der Waals surface area contributed by atoms with Crippen LogP contribution >= 0.6 is 0 Å². The maximum atomic E-state index is 13.8. The van der Waals surface area contributed by atoms with Gasteiger partial charge in [0.25, 0.3) is 0 Å². The SMILES string of the molecule is CCCC(NS(=O)(=O)c1c[nH]c2cccc(F)c12)C(=O)O. The van der Waals surface area contributed by atoms with Gasteiger partial charge in [0.05, 0.1) is 5.39 Å². The van der Waals surface area contributed by atoms with Gasteiger partial charge in [0.1, 0.15) is 16.8 Å². The molecule has 6 nitrogen and oxygen atoms in total. The van der Waals surface area contributed by atoms with Crippen LogP contribution < -0.4 is 4.72 Å². The molecule has 2 aromatic rings. The third-order valence-corrected chi connectivity index (χ3v) is 4.58. The quantitative estimate of drug-likeness (QED) is 0.757. The summed E-state index contributed by atoms with van der Waals surface area (Å²) in [6.07, 6.45) is 1.81. The van der Waals surface area contributed by atoms with E-state index in [0.29, 0.717) is 11.9 Å². The number of aliphatic carboxylic acids is 1.